The molecule has 0 amide bonds. The molecule has 0 radical (unpaired) electrons. The third-order valence-electron chi connectivity index (χ3n) is 2.37. The summed E-state index contributed by atoms with van der Waals surface area (Å²) >= 11 is 0. The molecule has 1 aromatic rings. The Labute approximate surface area is 77.1 Å². The first-order valence-corrected chi connectivity index (χ1v) is 4.06. The smallest absolute Gasteiger partial charge is 0.324 e. The summed E-state index contributed by atoms with van der Waals surface area (Å²) in [6.45, 7) is -0.0924. The van der Waals surface area contributed by atoms with Crippen LogP contribution in [0.1, 0.15) is 18.7 Å². The Morgan fingerprint density at radius 2 is 2.07 bits per heavy atom. The van der Waals surface area contributed by atoms with Crippen molar-refractivity contribution < 1.29 is 13.2 Å². The summed E-state index contributed by atoms with van der Waals surface area (Å²) in [5.74, 6) is 0.0693. The number of tetrazole rings is 1. The third-order valence-corrected chi connectivity index (χ3v) is 2.37. The molecule has 0 aliphatic heterocycles. The van der Waals surface area contributed by atoms with Gasteiger partial charge in [-0.3, -0.25) is 0 Å². The molecule has 1 fully saturated rings. The number of hydrogen-bond donors (Lipinski definition) is 1. The van der Waals surface area contributed by atoms with Gasteiger partial charge in [0.1, 0.15) is 0 Å². The van der Waals surface area contributed by atoms with Crippen LogP contribution in [0.25, 0.3) is 0 Å². The van der Waals surface area contributed by atoms with Crippen molar-refractivity contribution in [2.24, 2.45) is 5.73 Å². The maximum Gasteiger partial charge on any atom is 0.413 e. The minimum Gasteiger partial charge on any atom is -0.324 e. The zero-order valence-corrected chi connectivity index (χ0v) is 7.12. The van der Waals surface area contributed by atoms with Crippen molar-refractivity contribution in [3.63, 3.8) is 0 Å². The van der Waals surface area contributed by atoms with E-state index in [0.717, 1.165) is 4.68 Å². The van der Waals surface area contributed by atoms with E-state index in [1.54, 1.807) is 0 Å². The number of hydrogen-bond acceptors (Lipinski definition) is 4. The van der Waals surface area contributed by atoms with Crippen LogP contribution in [0.4, 0.5) is 13.2 Å². The van der Waals surface area contributed by atoms with Crippen molar-refractivity contribution in [1.82, 2.24) is 20.2 Å². The Hall–Kier alpha value is -1.18. The molecule has 5 nitrogen and oxygen atoms in total. The van der Waals surface area contributed by atoms with Gasteiger partial charge in [-0.15, -0.1) is 5.10 Å². The summed E-state index contributed by atoms with van der Waals surface area (Å²) in [5, 5.41) is 9.97. The molecular weight excluding hydrogens is 199 g/mol. The topological polar surface area (TPSA) is 69.6 Å². The second-order valence-electron chi connectivity index (χ2n) is 3.24. The highest BCUT2D eigenvalue weighted by Gasteiger charge is 2.66. The maximum absolute atomic E-state index is 12.6. The van der Waals surface area contributed by atoms with Crippen molar-refractivity contribution in [3.8, 4) is 0 Å². The van der Waals surface area contributed by atoms with Crippen molar-refractivity contribution >= 4 is 0 Å². The normalized spacial score (nSPS) is 19.7. The molecule has 1 aromatic heterocycles. The first-order chi connectivity index (χ1) is 6.51. The maximum atomic E-state index is 12.6. The van der Waals surface area contributed by atoms with Crippen LogP contribution >= 0.6 is 0 Å². The van der Waals surface area contributed by atoms with Crippen LogP contribution in [-0.2, 0) is 12.1 Å². The summed E-state index contributed by atoms with van der Waals surface area (Å²) in [6, 6.07) is 0. The minimum absolute atomic E-state index is 0.0224. The first-order valence-electron chi connectivity index (χ1n) is 4.06. The Morgan fingerprint density at radius 3 is 2.50 bits per heavy atom. The zero-order valence-electron chi connectivity index (χ0n) is 7.12. The van der Waals surface area contributed by atoms with E-state index in [-0.39, 0.29) is 25.2 Å². The van der Waals surface area contributed by atoms with Gasteiger partial charge in [0.15, 0.2) is 11.4 Å². The Balaban J connectivity index is 2.40. The summed E-state index contributed by atoms with van der Waals surface area (Å²) in [6.07, 6.45) is -4.27. The van der Waals surface area contributed by atoms with Crippen molar-refractivity contribution in [2.45, 2.75) is 31.1 Å². The molecule has 0 aromatic carbocycles. The van der Waals surface area contributed by atoms with Gasteiger partial charge in [-0.2, -0.15) is 13.2 Å². The molecule has 1 aliphatic rings. The average molecular weight is 207 g/mol. The van der Waals surface area contributed by atoms with Crippen LogP contribution in [0.5, 0.6) is 0 Å². The fourth-order valence-corrected chi connectivity index (χ4v) is 1.40. The number of alkyl halides is 3. The van der Waals surface area contributed by atoms with Gasteiger partial charge in [0.05, 0.1) is 6.54 Å². The lowest BCUT2D eigenvalue weighted by Gasteiger charge is -2.19. The van der Waals surface area contributed by atoms with Gasteiger partial charge in [-0.25, -0.2) is 4.68 Å². The fourth-order valence-electron chi connectivity index (χ4n) is 1.40. The lowest BCUT2D eigenvalue weighted by Crippen LogP contribution is -2.37. The standard InChI is InChI=1S/C6H8F3N5/c7-6(8,9)5(1-2-5)14-4(3-10)11-12-13-14/h1-3,10H2. The fraction of sp³-hybridized carbons (Fsp3) is 0.833. The van der Waals surface area contributed by atoms with Crippen molar-refractivity contribution in [2.75, 3.05) is 0 Å². The predicted octanol–water partition coefficient (Wildman–Crippen LogP) is 0.183. The molecule has 2 N–H and O–H groups in total. The van der Waals surface area contributed by atoms with Crippen molar-refractivity contribution in [3.05, 3.63) is 5.82 Å². The largest absolute Gasteiger partial charge is 0.413 e. The van der Waals surface area contributed by atoms with Gasteiger partial charge >= 0.3 is 6.18 Å². The van der Waals surface area contributed by atoms with Crippen molar-refractivity contribution in [1.29, 1.82) is 0 Å². The van der Waals surface area contributed by atoms with Gasteiger partial charge in [0.2, 0.25) is 0 Å². The van der Waals surface area contributed by atoms with E-state index in [2.05, 4.69) is 15.5 Å². The molecule has 8 heteroatoms. The van der Waals surface area contributed by atoms with Gasteiger partial charge in [-0.05, 0) is 23.3 Å². The highest BCUT2D eigenvalue weighted by Crippen LogP contribution is 2.55. The highest BCUT2D eigenvalue weighted by atomic mass is 19.4. The van der Waals surface area contributed by atoms with E-state index in [1.165, 1.54) is 0 Å². The van der Waals surface area contributed by atoms with E-state index in [9.17, 15) is 13.2 Å². The Bertz CT molecular complexity index is 339. The van der Waals surface area contributed by atoms with E-state index >= 15 is 0 Å². The molecule has 0 unspecified atom stereocenters. The van der Waals surface area contributed by atoms with E-state index < -0.39 is 11.7 Å². The lowest BCUT2D eigenvalue weighted by molar-refractivity contribution is -0.183. The third kappa shape index (κ3) is 1.10. The number of nitrogens with two attached hydrogens (primary N) is 1. The molecule has 0 atom stereocenters. The molecule has 1 heterocycles. The van der Waals surface area contributed by atoms with E-state index in [4.69, 9.17) is 5.73 Å². The summed E-state index contributed by atoms with van der Waals surface area (Å²) in [4.78, 5) is 0. The summed E-state index contributed by atoms with van der Waals surface area (Å²) in [5.41, 5.74) is 3.33. The molecule has 14 heavy (non-hydrogen) atoms. The van der Waals surface area contributed by atoms with Gasteiger partial charge in [0, 0.05) is 0 Å². The second kappa shape index (κ2) is 2.66. The Kier molecular flexibility index (Phi) is 1.78. The molecule has 0 saturated heterocycles. The van der Waals surface area contributed by atoms with Crippen LogP contribution in [0.15, 0.2) is 0 Å². The number of rotatable bonds is 2. The quantitative estimate of drug-likeness (QED) is 0.751. The van der Waals surface area contributed by atoms with E-state index in [1.807, 2.05) is 0 Å². The van der Waals surface area contributed by atoms with Crippen LogP contribution < -0.4 is 5.73 Å². The molecular formula is C6H8F3N5. The van der Waals surface area contributed by atoms with Gasteiger partial charge in [-0.1, -0.05) is 0 Å². The summed E-state index contributed by atoms with van der Waals surface area (Å²) in [7, 11) is 0. The molecule has 2 rings (SSSR count). The highest BCUT2D eigenvalue weighted by molar-refractivity contribution is 5.07. The molecule has 78 valence electrons. The zero-order chi connectivity index (χ0) is 10.4. The van der Waals surface area contributed by atoms with Crippen LogP contribution in [-0.4, -0.2) is 26.4 Å². The van der Waals surface area contributed by atoms with Gasteiger partial charge < -0.3 is 5.73 Å². The second-order valence-corrected chi connectivity index (χ2v) is 3.24. The Morgan fingerprint density at radius 1 is 1.43 bits per heavy atom. The van der Waals surface area contributed by atoms with Gasteiger partial charge in [0.25, 0.3) is 0 Å². The molecule has 0 bridgehead atoms. The predicted molar refractivity (Wildman–Crippen MR) is 39.0 cm³/mol. The van der Waals surface area contributed by atoms with Crippen LogP contribution in [0, 0.1) is 0 Å². The number of halogens is 3. The minimum atomic E-state index is -4.31. The number of aromatic nitrogens is 4. The van der Waals surface area contributed by atoms with E-state index in [0.29, 0.717) is 0 Å². The average Bonchev–Trinajstić information content (AvgIpc) is 2.78. The molecule has 1 saturated carbocycles. The molecule has 1 aliphatic carbocycles. The number of nitrogens with zero attached hydrogens (tertiary/aromatic N) is 4. The van der Waals surface area contributed by atoms with Crippen LogP contribution in [0.3, 0.4) is 0 Å². The first kappa shape index (κ1) is 9.38. The SMILES string of the molecule is NCc1nnnn1C1(C(F)(F)F)CC1. The summed E-state index contributed by atoms with van der Waals surface area (Å²) < 4.78 is 38.7. The monoisotopic (exact) mass is 207 g/mol. The molecule has 0 spiro atoms. The van der Waals surface area contributed by atoms with Crippen LogP contribution in [0.2, 0.25) is 0 Å². The lowest BCUT2D eigenvalue weighted by atomic mass is 10.2.